The average molecular weight is 257 g/mol. The highest BCUT2D eigenvalue weighted by Crippen LogP contribution is 2.24. The summed E-state index contributed by atoms with van der Waals surface area (Å²) in [6, 6.07) is 8.59. The van der Waals surface area contributed by atoms with Crippen molar-refractivity contribution < 1.29 is 0 Å². The van der Waals surface area contributed by atoms with Crippen molar-refractivity contribution in [3.05, 3.63) is 34.3 Å². The molecule has 0 nitrogen and oxygen atoms in total. The van der Waals surface area contributed by atoms with E-state index < -0.39 is 0 Å². The fourth-order valence-corrected chi connectivity index (χ4v) is 1.42. The van der Waals surface area contributed by atoms with Crippen LogP contribution in [0, 0.1) is 5.92 Å². The first kappa shape index (κ1) is 13.7. The summed E-state index contributed by atoms with van der Waals surface area (Å²) >= 11 is 3.43. The SMILES string of the molecule is CC.CC(C)C(C)c1ccc(Br)cc1. The second-order valence-corrected chi connectivity index (χ2v) is 4.50. The highest BCUT2D eigenvalue weighted by Gasteiger charge is 2.08. The monoisotopic (exact) mass is 256 g/mol. The topological polar surface area (TPSA) is 0 Å². The lowest BCUT2D eigenvalue weighted by Crippen LogP contribution is -2.01. The lowest BCUT2D eigenvalue weighted by atomic mass is 9.91. The summed E-state index contributed by atoms with van der Waals surface area (Å²) in [5.74, 6) is 1.37. The maximum Gasteiger partial charge on any atom is 0.0175 e. The maximum absolute atomic E-state index is 3.43. The van der Waals surface area contributed by atoms with Gasteiger partial charge in [-0.3, -0.25) is 0 Å². The molecule has 0 spiro atoms. The van der Waals surface area contributed by atoms with Crippen LogP contribution in [0.4, 0.5) is 0 Å². The molecule has 80 valence electrons. The van der Waals surface area contributed by atoms with E-state index in [1.165, 1.54) is 5.56 Å². The zero-order chi connectivity index (χ0) is 11.1. The zero-order valence-corrected chi connectivity index (χ0v) is 11.4. The van der Waals surface area contributed by atoms with E-state index in [2.05, 4.69) is 61.0 Å². The van der Waals surface area contributed by atoms with E-state index in [0.29, 0.717) is 11.8 Å². The summed E-state index contributed by atoms with van der Waals surface area (Å²) in [5, 5.41) is 0. The first-order chi connectivity index (χ1) is 6.61. The number of rotatable bonds is 2. The normalized spacial score (nSPS) is 11.9. The summed E-state index contributed by atoms with van der Waals surface area (Å²) in [5.41, 5.74) is 1.42. The predicted molar refractivity (Wildman–Crippen MR) is 68.7 cm³/mol. The summed E-state index contributed by atoms with van der Waals surface area (Å²) in [6.07, 6.45) is 0. The minimum atomic E-state index is 0.651. The number of halogens is 1. The molecule has 1 aromatic carbocycles. The third-order valence-electron chi connectivity index (χ3n) is 2.40. The molecule has 14 heavy (non-hydrogen) atoms. The van der Waals surface area contributed by atoms with Gasteiger partial charge in [0.25, 0.3) is 0 Å². The molecule has 0 saturated heterocycles. The van der Waals surface area contributed by atoms with Gasteiger partial charge >= 0.3 is 0 Å². The molecule has 0 fully saturated rings. The van der Waals surface area contributed by atoms with E-state index in [1.807, 2.05) is 13.8 Å². The van der Waals surface area contributed by atoms with Crippen LogP contribution in [0.2, 0.25) is 0 Å². The second-order valence-electron chi connectivity index (χ2n) is 3.58. The largest absolute Gasteiger partial charge is 0.0683 e. The molecule has 1 aromatic rings. The number of hydrogen-bond donors (Lipinski definition) is 0. The molecular weight excluding hydrogens is 236 g/mol. The maximum atomic E-state index is 3.43. The molecule has 0 saturated carbocycles. The molecule has 0 aliphatic rings. The number of benzene rings is 1. The van der Waals surface area contributed by atoms with Gasteiger partial charge in [-0.05, 0) is 29.5 Å². The predicted octanol–water partition coefficient (Wildman–Crippen LogP) is 5.23. The van der Waals surface area contributed by atoms with E-state index >= 15 is 0 Å². The van der Waals surface area contributed by atoms with Gasteiger partial charge in [-0.1, -0.05) is 62.7 Å². The molecule has 1 unspecified atom stereocenters. The van der Waals surface area contributed by atoms with E-state index in [0.717, 1.165) is 4.47 Å². The second kappa shape index (κ2) is 7.05. The van der Waals surface area contributed by atoms with E-state index in [4.69, 9.17) is 0 Å². The van der Waals surface area contributed by atoms with Gasteiger partial charge in [0.2, 0.25) is 0 Å². The summed E-state index contributed by atoms with van der Waals surface area (Å²) < 4.78 is 1.15. The van der Waals surface area contributed by atoms with Crippen LogP contribution < -0.4 is 0 Å². The van der Waals surface area contributed by atoms with Crippen LogP contribution in [0.3, 0.4) is 0 Å². The van der Waals surface area contributed by atoms with Gasteiger partial charge in [0.15, 0.2) is 0 Å². The Morgan fingerprint density at radius 1 is 0.929 bits per heavy atom. The number of hydrogen-bond acceptors (Lipinski definition) is 0. The van der Waals surface area contributed by atoms with Crippen molar-refractivity contribution in [1.29, 1.82) is 0 Å². The molecule has 1 heteroatoms. The van der Waals surface area contributed by atoms with Gasteiger partial charge < -0.3 is 0 Å². The Bertz CT molecular complexity index is 236. The van der Waals surface area contributed by atoms with E-state index in [9.17, 15) is 0 Å². The fraction of sp³-hybridized carbons (Fsp3) is 0.538. The Kier molecular flexibility index (Phi) is 6.90. The summed E-state index contributed by atoms with van der Waals surface area (Å²) in [6.45, 7) is 10.8. The molecule has 0 radical (unpaired) electrons. The van der Waals surface area contributed by atoms with Gasteiger partial charge in [-0.2, -0.15) is 0 Å². The summed E-state index contributed by atoms with van der Waals surface area (Å²) in [4.78, 5) is 0. The van der Waals surface area contributed by atoms with Crippen molar-refractivity contribution in [3.8, 4) is 0 Å². The van der Waals surface area contributed by atoms with Crippen molar-refractivity contribution in [3.63, 3.8) is 0 Å². The van der Waals surface area contributed by atoms with Gasteiger partial charge in [0, 0.05) is 4.47 Å². The van der Waals surface area contributed by atoms with Crippen molar-refractivity contribution in [1.82, 2.24) is 0 Å². The Hall–Kier alpha value is -0.300. The molecule has 0 aromatic heterocycles. The van der Waals surface area contributed by atoms with Crippen molar-refractivity contribution >= 4 is 15.9 Å². The quantitative estimate of drug-likeness (QED) is 0.680. The molecule has 0 amide bonds. The molecule has 0 N–H and O–H groups in total. The van der Waals surface area contributed by atoms with Gasteiger partial charge in [-0.15, -0.1) is 0 Å². The first-order valence-electron chi connectivity index (χ1n) is 5.36. The Morgan fingerprint density at radius 3 is 1.71 bits per heavy atom. The average Bonchev–Trinajstić information content (AvgIpc) is 2.21. The Morgan fingerprint density at radius 2 is 1.36 bits per heavy atom. The molecular formula is C13H21Br. The van der Waals surface area contributed by atoms with E-state index in [1.54, 1.807) is 0 Å². The Balaban J connectivity index is 0.000000791. The third-order valence-corrected chi connectivity index (χ3v) is 2.92. The van der Waals surface area contributed by atoms with Crippen molar-refractivity contribution in [2.45, 2.75) is 40.5 Å². The molecule has 1 rings (SSSR count). The lowest BCUT2D eigenvalue weighted by Gasteiger charge is -2.15. The van der Waals surface area contributed by atoms with Crippen LogP contribution in [-0.2, 0) is 0 Å². The fourth-order valence-electron chi connectivity index (χ4n) is 1.15. The molecule has 0 heterocycles. The minimum Gasteiger partial charge on any atom is -0.0683 e. The highest BCUT2D eigenvalue weighted by molar-refractivity contribution is 9.10. The Labute approximate surface area is 96.9 Å². The van der Waals surface area contributed by atoms with Gasteiger partial charge in [0.05, 0.1) is 0 Å². The van der Waals surface area contributed by atoms with Gasteiger partial charge in [0.1, 0.15) is 0 Å². The lowest BCUT2D eigenvalue weighted by molar-refractivity contribution is 0.535. The third kappa shape index (κ3) is 4.28. The molecule has 0 aliphatic carbocycles. The van der Waals surface area contributed by atoms with Crippen LogP contribution in [0.15, 0.2) is 28.7 Å². The van der Waals surface area contributed by atoms with Crippen LogP contribution >= 0.6 is 15.9 Å². The van der Waals surface area contributed by atoms with Crippen molar-refractivity contribution in [2.75, 3.05) is 0 Å². The van der Waals surface area contributed by atoms with Crippen LogP contribution in [0.5, 0.6) is 0 Å². The van der Waals surface area contributed by atoms with Crippen LogP contribution in [0.1, 0.15) is 46.1 Å². The minimum absolute atomic E-state index is 0.651. The standard InChI is InChI=1S/C11H15Br.C2H6/c1-8(2)9(3)10-4-6-11(12)7-5-10;1-2/h4-9H,1-3H3;1-2H3. The molecule has 1 atom stereocenters. The van der Waals surface area contributed by atoms with E-state index in [-0.39, 0.29) is 0 Å². The summed E-state index contributed by atoms with van der Waals surface area (Å²) in [7, 11) is 0. The first-order valence-corrected chi connectivity index (χ1v) is 6.16. The van der Waals surface area contributed by atoms with Crippen LogP contribution in [0.25, 0.3) is 0 Å². The van der Waals surface area contributed by atoms with Crippen LogP contribution in [-0.4, -0.2) is 0 Å². The molecule has 0 aliphatic heterocycles. The molecule has 0 bridgehead atoms. The van der Waals surface area contributed by atoms with Gasteiger partial charge in [-0.25, -0.2) is 0 Å². The zero-order valence-electron chi connectivity index (χ0n) is 9.84. The highest BCUT2D eigenvalue weighted by atomic mass is 79.9. The van der Waals surface area contributed by atoms with Crippen molar-refractivity contribution in [2.24, 2.45) is 5.92 Å². The smallest absolute Gasteiger partial charge is 0.0175 e.